The molecule has 0 saturated heterocycles. The lowest BCUT2D eigenvalue weighted by atomic mass is 9.95. The average molecular weight is 388 g/mol. The molecule has 8 heteroatoms. The van der Waals surface area contributed by atoms with Gasteiger partial charge in [-0.3, -0.25) is 14.5 Å². The van der Waals surface area contributed by atoms with Crippen LogP contribution in [0.4, 0.5) is 0 Å². The van der Waals surface area contributed by atoms with Gasteiger partial charge in [0.25, 0.3) is 0 Å². The minimum Gasteiger partial charge on any atom is -0.507 e. The first-order valence-corrected chi connectivity index (χ1v) is 8.69. The molecule has 8 nitrogen and oxygen atoms in total. The van der Waals surface area contributed by atoms with E-state index in [9.17, 15) is 30.0 Å². The first kappa shape index (κ1) is 21.2. The van der Waals surface area contributed by atoms with Crippen LogP contribution in [0, 0.1) is 13.8 Å². The van der Waals surface area contributed by atoms with Crippen molar-refractivity contribution in [3.63, 3.8) is 0 Å². The smallest absolute Gasteiger partial charge is 0.325 e. The standard InChI is InChI=1S/C20H24N2O6/c1-11-5-3-7-13(17(11)23)15(19(25)26)22(10-9-21)16(20(27)28)14-8-4-6-12(2)18(14)24/h3-8,15-16,23-24H,9-10,21H2,1-2H3,(H,25,26)(H,27,28). The molecular formula is C20H24N2O6. The van der Waals surface area contributed by atoms with Gasteiger partial charge in [-0.05, 0) is 25.0 Å². The Bertz CT molecular complexity index is 813. The molecule has 0 aliphatic heterocycles. The van der Waals surface area contributed by atoms with E-state index in [4.69, 9.17) is 5.73 Å². The Labute approximate surface area is 162 Å². The molecule has 0 fully saturated rings. The molecule has 2 aromatic carbocycles. The topological polar surface area (TPSA) is 144 Å². The number of benzene rings is 2. The molecule has 0 aromatic heterocycles. The summed E-state index contributed by atoms with van der Waals surface area (Å²) in [5.41, 5.74) is 6.67. The summed E-state index contributed by atoms with van der Waals surface area (Å²) in [6.07, 6.45) is 0. The molecule has 0 bridgehead atoms. The molecule has 0 heterocycles. The predicted molar refractivity (Wildman–Crippen MR) is 102 cm³/mol. The number of rotatable bonds is 8. The normalized spacial score (nSPS) is 13.3. The number of phenolic OH excluding ortho intramolecular Hbond substituents is 2. The van der Waals surface area contributed by atoms with Crippen molar-refractivity contribution in [1.82, 2.24) is 4.90 Å². The van der Waals surface area contributed by atoms with Gasteiger partial charge in [0.05, 0.1) is 0 Å². The van der Waals surface area contributed by atoms with Gasteiger partial charge in [-0.1, -0.05) is 36.4 Å². The molecule has 0 saturated carbocycles. The molecule has 2 atom stereocenters. The summed E-state index contributed by atoms with van der Waals surface area (Å²) in [5, 5.41) is 40.6. The summed E-state index contributed by atoms with van der Waals surface area (Å²) in [6.45, 7) is 3.12. The fourth-order valence-electron chi connectivity index (χ4n) is 3.27. The number of aromatic hydroxyl groups is 2. The van der Waals surface area contributed by atoms with Crippen LogP contribution in [0.3, 0.4) is 0 Å². The largest absolute Gasteiger partial charge is 0.507 e. The zero-order valence-corrected chi connectivity index (χ0v) is 15.7. The number of hydrogen-bond acceptors (Lipinski definition) is 6. The van der Waals surface area contributed by atoms with Crippen molar-refractivity contribution in [3.8, 4) is 11.5 Å². The van der Waals surface area contributed by atoms with Gasteiger partial charge < -0.3 is 26.2 Å². The minimum absolute atomic E-state index is 0.0211. The quantitative estimate of drug-likeness (QED) is 0.461. The summed E-state index contributed by atoms with van der Waals surface area (Å²) in [6, 6.07) is 6.30. The molecule has 2 aromatic rings. The molecule has 0 amide bonds. The molecule has 2 rings (SSSR count). The van der Waals surface area contributed by atoms with E-state index < -0.39 is 24.0 Å². The molecule has 2 unspecified atom stereocenters. The van der Waals surface area contributed by atoms with Crippen molar-refractivity contribution in [2.75, 3.05) is 13.1 Å². The van der Waals surface area contributed by atoms with Gasteiger partial charge in [0, 0.05) is 24.2 Å². The Morgan fingerprint density at radius 2 is 1.29 bits per heavy atom. The van der Waals surface area contributed by atoms with E-state index in [2.05, 4.69) is 0 Å². The Balaban J connectivity index is 2.70. The molecule has 0 spiro atoms. The Morgan fingerprint density at radius 1 is 0.893 bits per heavy atom. The van der Waals surface area contributed by atoms with Crippen LogP contribution >= 0.6 is 0 Å². The lowest BCUT2D eigenvalue weighted by Crippen LogP contribution is -2.43. The average Bonchev–Trinajstić information content (AvgIpc) is 2.62. The van der Waals surface area contributed by atoms with Gasteiger partial charge in [-0.25, -0.2) is 0 Å². The van der Waals surface area contributed by atoms with Gasteiger partial charge in [-0.2, -0.15) is 0 Å². The van der Waals surface area contributed by atoms with Crippen LogP contribution in [0.25, 0.3) is 0 Å². The van der Waals surface area contributed by atoms with E-state index in [-0.39, 0.29) is 35.7 Å². The van der Waals surface area contributed by atoms with E-state index in [0.29, 0.717) is 11.1 Å². The molecule has 28 heavy (non-hydrogen) atoms. The monoisotopic (exact) mass is 388 g/mol. The van der Waals surface area contributed by atoms with Crippen molar-refractivity contribution in [2.45, 2.75) is 25.9 Å². The maximum absolute atomic E-state index is 12.1. The van der Waals surface area contributed by atoms with Crippen LogP contribution in [0.1, 0.15) is 34.3 Å². The number of aryl methyl sites for hydroxylation is 2. The van der Waals surface area contributed by atoms with Crippen LogP contribution in [-0.4, -0.2) is 50.4 Å². The number of hydrogen-bond donors (Lipinski definition) is 5. The third-order valence-corrected chi connectivity index (χ3v) is 4.65. The Hall–Kier alpha value is -3.10. The fourth-order valence-corrected chi connectivity index (χ4v) is 3.27. The van der Waals surface area contributed by atoms with Gasteiger partial charge in [0.1, 0.15) is 23.6 Å². The van der Waals surface area contributed by atoms with Crippen molar-refractivity contribution in [2.24, 2.45) is 5.73 Å². The summed E-state index contributed by atoms with van der Waals surface area (Å²) < 4.78 is 0. The SMILES string of the molecule is Cc1cccc(C(C(=O)O)N(CCN)C(C(=O)O)c2cccc(C)c2O)c1O. The van der Waals surface area contributed by atoms with Gasteiger partial charge in [0.2, 0.25) is 0 Å². The highest BCUT2D eigenvalue weighted by Crippen LogP contribution is 2.39. The van der Waals surface area contributed by atoms with Gasteiger partial charge >= 0.3 is 11.9 Å². The number of nitrogens with zero attached hydrogens (tertiary/aromatic N) is 1. The number of aliphatic carboxylic acids is 2. The van der Waals surface area contributed by atoms with Crippen molar-refractivity contribution in [3.05, 3.63) is 58.7 Å². The van der Waals surface area contributed by atoms with Crippen molar-refractivity contribution >= 4 is 11.9 Å². The van der Waals surface area contributed by atoms with Crippen LogP contribution in [0.5, 0.6) is 11.5 Å². The lowest BCUT2D eigenvalue weighted by molar-refractivity contribution is -0.151. The predicted octanol–water partition coefficient (Wildman–Crippen LogP) is 1.93. The van der Waals surface area contributed by atoms with E-state index in [1.165, 1.54) is 12.1 Å². The second-order valence-electron chi connectivity index (χ2n) is 6.53. The molecule has 0 radical (unpaired) electrons. The highest BCUT2D eigenvalue weighted by atomic mass is 16.4. The molecule has 0 aliphatic rings. The molecule has 150 valence electrons. The minimum atomic E-state index is -1.48. The molecule has 6 N–H and O–H groups in total. The van der Waals surface area contributed by atoms with Crippen molar-refractivity contribution < 1.29 is 30.0 Å². The van der Waals surface area contributed by atoms with E-state index in [1.807, 2.05) is 0 Å². The number of para-hydroxylation sites is 2. The third kappa shape index (κ3) is 4.08. The lowest BCUT2D eigenvalue weighted by Gasteiger charge is -2.34. The second-order valence-corrected chi connectivity index (χ2v) is 6.53. The molecule has 0 aliphatic carbocycles. The van der Waals surface area contributed by atoms with Gasteiger partial charge in [0.15, 0.2) is 0 Å². The number of carboxylic acid groups (broad SMARTS) is 2. The second kappa shape index (κ2) is 8.73. The summed E-state index contributed by atoms with van der Waals surface area (Å²) in [7, 11) is 0. The maximum Gasteiger partial charge on any atom is 0.325 e. The Morgan fingerprint density at radius 3 is 1.61 bits per heavy atom. The zero-order chi connectivity index (χ0) is 21.0. The molecular weight excluding hydrogens is 364 g/mol. The summed E-state index contributed by atoms with van der Waals surface area (Å²) >= 11 is 0. The van der Waals surface area contributed by atoms with Gasteiger partial charge in [-0.15, -0.1) is 0 Å². The van der Waals surface area contributed by atoms with Crippen LogP contribution in [-0.2, 0) is 9.59 Å². The number of nitrogens with two attached hydrogens (primary N) is 1. The van der Waals surface area contributed by atoms with Crippen LogP contribution < -0.4 is 5.73 Å². The maximum atomic E-state index is 12.1. The number of carbonyl (C=O) groups is 2. The van der Waals surface area contributed by atoms with E-state index >= 15 is 0 Å². The van der Waals surface area contributed by atoms with Crippen LogP contribution in [0.2, 0.25) is 0 Å². The highest BCUT2D eigenvalue weighted by molar-refractivity contribution is 5.81. The zero-order valence-electron chi connectivity index (χ0n) is 15.7. The summed E-state index contributed by atoms with van der Waals surface area (Å²) in [5.74, 6) is -3.13. The van der Waals surface area contributed by atoms with Crippen LogP contribution in [0.15, 0.2) is 36.4 Å². The number of phenols is 2. The Kier molecular flexibility index (Phi) is 6.61. The fraction of sp³-hybridized carbons (Fsp3) is 0.300. The number of carboxylic acids is 2. The summed E-state index contributed by atoms with van der Waals surface area (Å²) in [4.78, 5) is 25.4. The van der Waals surface area contributed by atoms with E-state index in [0.717, 1.165) is 4.90 Å². The van der Waals surface area contributed by atoms with Crippen molar-refractivity contribution in [1.29, 1.82) is 0 Å². The third-order valence-electron chi connectivity index (χ3n) is 4.65. The van der Waals surface area contributed by atoms with E-state index in [1.54, 1.807) is 38.1 Å². The first-order valence-electron chi connectivity index (χ1n) is 8.69. The first-order chi connectivity index (χ1) is 13.2. The highest BCUT2D eigenvalue weighted by Gasteiger charge is 2.39.